The smallest absolute Gasteiger partial charge is 0.123 e. The van der Waals surface area contributed by atoms with Crippen molar-refractivity contribution in [1.29, 1.82) is 0 Å². The van der Waals surface area contributed by atoms with Gasteiger partial charge in [0.15, 0.2) is 0 Å². The molecule has 0 aliphatic carbocycles. The highest BCUT2D eigenvalue weighted by atomic mass is 16.5. The normalized spacial score (nSPS) is 12.0. The Kier molecular flexibility index (Phi) is 5.10. The van der Waals surface area contributed by atoms with Crippen molar-refractivity contribution in [1.82, 2.24) is 0 Å². The minimum absolute atomic E-state index is 0.154. The van der Waals surface area contributed by atoms with Crippen molar-refractivity contribution in [2.45, 2.75) is 47.6 Å². The van der Waals surface area contributed by atoms with Crippen LogP contribution >= 0.6 is 0 Å². The molecule has 1 aromatic rings. The standard InChI is InChI=1S/C16H28N2O/c1-11(2)16(5,6)10-18-14-7-13(17)8-15(9-14)19-12(3)4/h7-9,11-12,18H,10,17H2,1-6H3. The summed E-state index contributed by atoms with van der Waals surface area (Å²) in [5, 5.41) is 3.46. The van der Waals surface area contributed by atoms with E-state index in [1.807, 2.05) is 32.0 Å². The maximum Gasteiger partial charge on any atom is 0.123 e. The van der Waals surface area contributed by atoms with Gasteiger partial charge in [-0.05, 0) is 31.2 Å². The van der Waals surface area contributed by atoms with Gasteiger partial charge >= 0.3 is 0 Å². The van der Waals surface area contributed by atoms with Gasteiger partial charge in [0, 0.05) is 30.1 Å². The van der Waals surface area contributed by atoms with E-state index in [0.29, 0.717) is 5.92 Å². The monoisotopic (exact) mass is 264 g/mol. The summed E-state index contributed by atoms with van der Waals surface area (Å²) >= 11 is 0. The van der Waals surface area contributed by atoms with Gasteiger partial charge in [-0.15, -0.1) is 0 Å². The van der Waals surface area contributed by atoms with Crippen LogP contribution in [0.2, 0.25) is 0 Å². The van der Waals surface area contributed by atoms with Gasteiger partial charge in [0.25, 0.3) is 0 Å². The Labute approximate surface area is 117 Å². The first-order valence-electron chi connectivity index (χ1n) is 7.02. The molecule has 0 aromatic heterocycles. The van der Waals surface area contributed by atoms with Crippen LogP contribution in [0, 0.1) is 11.3 Å². The summed E-state index contributed by atoms with van der Waals surface area (Å²) in [5.41, 5.74) is 7.90. The zero-order chi connectivity index (χ0) is 14.6. The summed E-state index contributed by atoms with van der Waals surface area (Å²) in [5.74, 6) is 1.44. The summed E-state index contributed by atoms with van der Waals surface area (Å²) in [6.07, 6.45) is 0.154. The lowest BCUT2D eigenvalue weighted by molar-refractivity contribution is 0.242. The van der Waals surface area contributed by atoms with Crippen LogP contribution in [0.4, 0.5) is 11.4 Å². The average molecular weight is 264 g/mol. The van der Waals surface area contributed by atoms with Gasteiger partial charge in [-0.3, -0.25) is 0 Å². The van der Waals surface area contributed by atoms with Crippen LogP contribution < -0.4 is 15.8 Å². The SMILES string of the molecule is CC(C)Oc1cc(N)cc(NCC(C)(C)C(C)C)c1. The molecule has 0 fully saturated rings. The largest absolute Gasteiger partial charge is 0.491 e. The predicted molar refractivity (Wildman–Crippen MR) is 83.7 cm³/mol. The quantitative estimate of drug-likeness (QED) is 0.759. The lowest BCUT2D eigenvalue weighted by Gasteiger charge is -2.30. The summed E-state index contributed by atoms with van der Waals surface area (Å²) in [7, 11) is 0. The minimum Gasteiger partial charge on any atom is -0.491 e. The van der Waals surface area contributed by atoms with E-state index in [1.165, 1.54) is 0 Å². The number of hydrogen-bond acceptors (Lipinski definition) is 3. The molecule has 1 aromatic carbocycles. The highest BCUT2D eigenvalue weighted by molar-refractivity contribution is 5.59. The van der Waals surface area contributed by atoms with Crippen LogP contribution in [0.5, 0.6) is 5.75 Å². The van der Waals surface area contributed by atoms with Crippen LogP contribution in [-0.2, 0) is 0 Å². The molecule has 0 aliphatic heterocycles. The van der Waals surface area contributed by atoms with Crippen LogP contribution in [0.3, 0.4) is 0 Å². The molecule has 0 unspecified atom stereocenters. The molecule has 3 heteroatoms. The fourth-order valence-corrected chi connectivity index (χ4v) is 1.60. The van der Waals surface area contributed by atoms with Gasteiger partial charge in [0.1, 0.15) is 5.75 Å². The Balaban J connectivity index is 2.76. The number of nitrogens with two attached hydrogens (primary N) is 1. The summed E-state index contributed by atoms with van der Waals surface area (Å²) in [6, 6.07) is 5.81. The molecule has 0 aliphatic rings. The van der Waals surface area contributed by atoms with Crippen molar-refractivity contribution in [3.05, 3.63) is 18.2 Å². The number of anilines is 2. The first-order valence-corrected chi connectivity index (χ1v) is 7.02. The molecular weight excluding hydrogens is 236 g/mol. The molecule has 0 atom stereocenters. The van der Waals surface area contributed by atoms with E-state index >= 15 is 0 Å². The first kappa shape index (κ1) is 15.7. The van der Waals surface area contributed by atoms with Gasteiger partial charge < -0.3 is 15.8 Å². The number of ether oxygens (including phenoxy) is 1. The summed E-state index contributed by atoms with van der Waals surface area (Å²) in [6.45, 7) is 14.0. The van der Waals surface area contributed by atoms with Crippen molar-refractivity contribution in [3.8, 4) is 5.75 Å². The first-order chi connectivity index (χ1) is 8.70. The molecule has 0 radical (unpaired) electrons. The lowest BCUT2D eigenvalue weighted by Crippen LogP contribution is -2.28. The second-order valence-corrected chi connectivity index (χ2v) is 6.45. The average Bonchev–Trinajstić information content (AvgIpc) is 2.24. The summed E-state index contributed by atoms with van der Waals surface area (Å²) < 4.78 is 5.70. The molecule has 0 amide bonds. The fourth-order valence-electron chi connectivity index (χ4n) is 1.60. The number of benzene rings is 1. The number of rotatable bonds is 6. The molecule has 0 heterocycles. The molecule has 3 N–H and O–H groups in total. The zero-order valence-corrected chi connectivity index (χ0v) is 13.1. The Morgan fingerprint density at radius 2 is 1.79 bits per heavy atom. The highest BCUT2D eigenvalue weighted by Crippen LogP contribution is 2.28. The highest BCUT2D eigenvalue weighted by Gasteiger charge is 2.21. The molecule has 0 spiro atoms. The van der Waals surface area contributed by atoms with Gasteiger partial charge in [-0.25, -0.2) is 0 Å². The van der Waals surface area contributed by atoms with Crippen molar-refractivity contribution in [2.24, 2.45) is 11.3 Å². The molecule has 0 saturated carbocycles. The van der Waals surface area contributed by atoms with Crippen LogP contribution in [0.25, 0.3) is 0 Å². The molecular formula is C16H28N2O. The fraction of sp³-hybridized carbons (Fsp3) is 0.625. The molecule has 108 valence electrons. The zero-order valence-electron chi connectivity index (χ0n) is 13.1. The van der Waals surface area contributed by atoms with E-state index in [-0.39, 0.29) is 11.5 Å². The van der Waals surface area contributed by atoms with Crippen molar-refractivity contribution in [3.63, 3.8) is 0 Å². The Bertz CT molecular complexity index is 411. The van der Waals surface area contributed by atoms with Crippen LogP contribution in [0.15, 0.2) is 18.2 Å². The topological polar surface area (TPSA) is 47.3 Å². The Morgan fingerprint density at radius 3 is 2.32 bits per heavy atom. The van der Waals surface area contributed by atoms with Gasteiger partial charge in [-0.2, -0.15) is 0 Å². The maximum atomic E-state index is 5.91. The second-order valence-electron chi connectivity index (χ2n) is 6.45. The predicted octanol–water partition coefficient (Wildman–Crippen LogP) is 4.15. The third kappa shape index (κ3) is 5.01. The van der Waals surface area contributed by atoms with E-state index in [4.69, 9.17) is 10.5 Å². The molecule has 0 saturated heterocycles. The third-order valence-corrected chi connectivity index (χ3v) is 3.61. The van der Waals surface area contributed by atoms with Gasteiger partial charge in [-0.1, -0.05) is 27.7 Å². The second kappa shape index (κ2) is 6.18. The maximum absolute atomic E-state index is 5.91. The van der Waals surface area contributed by atoms with Gasteiger partial charge in [0.2, 0.25) is 0 Å². The van der Waals surface area contributed by atoms with Gasteiger partial charge in [0.05, 0.1) is 6.10 Å². The van der Waals surface area contributed by atoms with Crippen LogP contribution in [0.1, 0.15) is 41.5 Å². The number of nitrogen functional groups attached to an aromatic ring is 1. The molecule has 0 bridgehead atoms. The number of hydrogen-bond donors (Lipinski definition) is 2. The van der Waals surface area contributed by atoms with E-state index in [0.717, 1.165) is 23.7 Å². The molecule has 3 nitrogen and oxygen atoms in total. The third-order valence-electron chi connectivity index (χ3n) is 3.61. The summed E-state index contributed by atoms with van der Waals surface area (Å²) in [4.78, 5) is 0. The van der Waals surface area contributed by atoms with Crippen molar-refractivity contribution < 1.29 is 4.74 Å². The van der Waals surface area contributed by atoms with E-state index in [9.17, 15) is 0 Å². The van der Waals surface area contributed by atoms with Crippen LogP contribution in [-0.4, -0.2) is 12.6 Å². The molecule has 1 rings (SSSR count). The molecule has 19 heavy (non-hydrogen) atoms. The minimum atomic E-state index is 0.154. The van der Waals surface area contributed by atoms with E-state index in [1.54, 1.807) is 0 Å². The Morgan fingerprint density at radius 1 is 1.16 bits per heavy atom. The number of nitrogens with one attached hydrogen (secondary N) is 1. The van der Waals surface area contributed by atoms with E-state index < -0.39 is 0 Å². The van der Waals surface area contributed by atoms with Crippen molar-refractivity contribution in [2.75, 3.05) is 17.6 Å². The lowest BCUT2D eigenvalue weighted by atomic mass is 9.81. The van der Waals surface area contributed by atoms with Crippen molar-refractivity contribution >= 4 is 11.4 Å². The Hall–Kier alpha value is -1.38. The van der Waals surface area contributed by atoms with E-state index in [2.05, 4.69) is 33.0 Å².